The van der Waals surface area contributed by atoms with Crippen molar-refractivity contribution in [2.75, 3.05) is 31.1 Å². The van der Waals surface area contributed by atoms with Gasteiger partial charge in [0.05, 0.1) is 17.4 Å². The minimum Gasteiger partial charge on any atom is -0.489 e. The standard InChI is InChI=1S/C31H27ClFN5O3/c1-2-24(39)36-14-15-37-19(16-36)17-41-28-25-29(37)35-31(40)38(23-13-6-4-10-20(23)18-8-7-9-18)30(25)34-27(26(28)32)21-11-3-5-12-22(21)33/h2-6,10-13,18-19H,1,7-9,14-17H2/t19-/m1/s1. The number of fused-ring (bicyclic) bond motifs is 2. The maximum absolute atomic E-state index is 15.1. The molecule has 4 aromatic rings. The SMILES string of the molecule is C=CC(=O)N1CCN2c3nc(=O)n(-c4ccccc4C4CCC4)c4nc(-c5ccccc5F)c(Cl)c(c34)OC[C@H]2C1. The Morgan fingerprint density at radius 2 is 1.88 bits per heavy atom. The van der Waals surface area contributed by atoms with Crippen LogP contribution in [0, 0.1) is 5.82 Å². The van der Waals surface area contributed by atoms with Gasteiger partial charge in [0, 0.05) is 25.2 Å². The first-order valence-electron chi connectivity index (χ1n) is 13.8. The number of hydrogen-bond donors (Lipinski definition) is 0. The molecule has 1 saturated heterocycles. The van der Waals surface area contributed by atoms with Crippen LogP contribution in [-0.4, -0.2) is 57.6 Å². The number of rotatable bonds is 4. The van der Waals surface area contributed by atoms with E-state index < -0.39 is 11.5 Å². The summed E-state index contributed by atoms with van der Waals surface area (Å²) in [5, 5.41) is 0.631. The third kappa shape index (κ3) is 4.10. The van der Waals surface area contributed by atoms with Gasteiger partial charge in [-0.1, -0.05) is 54.9 Å². The van der Waals surface area contributed by atoms with Gasteiger partial charge in [0.2, 0.25) is 5.91 Å². The lowest BCUT2D eigenvalue weighted by Crippen LogP contribution is -2.56. The fourth-order valence-electron chi connectivity index (χ4n) is 6.11. The van der Waals surface area contributed by atoms with Crippen molar-refractivity contribution in [2.45, 2.75) is 31.2 Å². The van der Waals surface area contributed by atoms with Crippen LogP contribution in [0.1, 0.15) is 30.7 Å². The van der Waals surface area contributed by atoms with Crippen LogP contribution in [0.15, 0.2) is 66.0 Å². The van der Waals surface area contributed by atoms with E-state index in [1.807, 2.05) is 29.2 Å². The molecule has 2 aromatic heterocycles. The van der Waals surface area contributed by atoms with E-state index in [-0.39, 0.29) is 34.8 Å². The van der Waals surface area contributed by atoms with Crippen LogP contribution in [0.5, 0.6) is 5.75 Å². The predicted octanol–water partition coefficient (Wildman–Crippen LogP) is 5.10. The van der Waals surface area contributed by atoms with E-state index in [0.29, 0.717) is 53.8 Å². The molecule has 4 heterocycles. The normalized spacial score (nSPS) is 18.3. The zero-order valence-corrected chi connectivity index (χ0v) is 23.0. The summed E-state index contributed by atoms with van der Waals surface area (Å²) in [7, 11) is 0. The van der Waals surface area contributed by atoms with E-state index in [4.69, 9.17) is 21.3 Å². The van der Waals surface area contributed by atoms with Crippen molar-refractivity contribution >= 4 is 34.4 Å². The monoisotopic (exact) mass is 571 g/mol. The quantitative estimate of drug-likeness (QED) is 0.317. The molecule has 2 aromatic carbocycles. The number of benzene rings is 2. The van der Waals surface area contributed by atoms with Crippen LogP contribution in [0.4, 0.5) is 10.2 Å². The summed E-state index contributed by atoms with van der Waals surface area (Å²) in [6, 6.07) is 13.8. The Labute approximate surface area is 240 Å². The highest BCUT2D eigenvalue weighted by Crippen LogP contribution is 2.46. The Hall–Kier alpha value is -4.24. The van der Waals surface area contributed by atoms with Crippen molar-refractivity contribution in [2.24, 2.45) is 0 Å². The van der Waals surface area contributed by atoms with Gasteiger partial charge < -0.3 is 14.5 Å². The number of piperazine rings is 1. The van der Waals surface area contributed by atoms with Gasteiger partial charge >= 0.3 is 5.69 Å². The van der Waals surface area contributed by atoms with Gasteiger partial charge in [0.1, 0.15) is 28.7 Å². The lowest BCUT2D eigenvalue weighted by molar-refractivity contribution is -0.126. The molecule has 1 atom stereocenters. The van der Waals surface area contributed by atoms with E-state index in [1.165, 1.54) is 16.7 Å². The number of pyridine rings is 1. The third-order valence-corrected chi connectivity index (χ3v) is 8.77. The summed E-state index contributed by atoms with van der Waals surface area (Å²) in [4.78, 5) is 39.6. The lowest BCUT2D eigenvalue weighted by Gasteiger charge is -2.40. The molecular weight excluding hydrogens is 545 g/mol. The number of hydrogen-bond acceptors (Lipinski definition) is 6. The fourth-order valence-corrected chi connectivity index (χ4v) is 6.41. The molecule has 1 aliphatic carbocycles. The van der Waals surface area contributed by atoms with Crippen molar-refractivity contribution in [3.8, 4) is 22.7 Å². The zero-order valence-electron chi connectivity index (χ0n) is 22.2. The van der Waals surface area contributed by atoms with Crippen molar-refractivity contribution in [1.82, 2.24) is 19.4 Å². The van der Waals surface area contributed by atoms with Crippen molar-refractivity contribution in [1.29, 1.82) is 0 Å². The molecule has 0 unspecified atom stereocenters. The molecule has 41 heavy (non-hydrogen) atoms. The van der Waals surface area contributed by atoms with Gasteiger partial charge in [-0.15, -0.1) is 0 Å². The zero-order chi connectivity index (χ0) is 28.2. The number of carbonyl (C=O) groups excluding carboxylic acids is 1. The van der Waals surface area contributed by atoms with Crippen LogP contribution in [0.2, 0.25) is 5.02 Å². The first kappa shape index (κ1) is 25.7. The van der Waals surface area contributed by atoms with E-state index in [2.05, 4.69) is 11.6 Å². The molecule has 0 radical (unpaired) electrons. The largest absolute Gasteiger partial charge is 0.489 e. The second-order valence-electron chi connectivity index (χ2n) is 10.7. The highest BCUT2D eigenvalue weighted by molar-refractivity contribution is 6.36. The number of anilines is 1. The Kier molecular flexibility index (Phi) is 6.27. The summed E-state index contributed by atoms with van der Waals surface area (Å²) in [6.45, 7) is 5.02. The molecule has 208 valence electrons. The van der Waals surface area contributed by atoms with Crippen LogP contribution in [0.3, 0.4) is 0 Å². The number of amides is 1. The third-order valence-electron chi connectivity index (χ3n) is 8.42. The molecule has 2 fully saturated rings. The second kappa shape index (κ2) is 9.99. The van der Waals surface area contributed by atoms with Gasteiger partial charge in [-0.2, -0.15) is 4.98 Å². The van der Waals surface area contributed by atoms with Gasteiger partial charge in [0.15, 0.2) is 11.4 Å². The van der Waals surface area contributed by atoms with Crippen molar-refractivity contribution in [3.63, 3.8) is 0 Å². The number of aromatic nitrogens is 3. The first-order valence-corrected chi connectivity index (χ1v) is 14.1. The van der Waals surface area contributed by atoms with E-state index in [9.17, 15) is 9.59 Å². The average Bonchev–Trinajstić information content (AvgIpc) is 3.11. The molecule has 3 aliphatic rings. The molecule has 1 amide bonds. The summed E-state index contributed by atoms with van der Waals surface area (Å²) in [6.07, 6.45) is 4.51. The Morgan fingerprint density at radius 3 is 2.63 bits per heavy atom. The number of carbonyl (C=O) groups is 1. The Balaban J connectivity index is 1.52. The van der Waals surface area contributed by atoms with E-state index >= 15 is 4.39 Å². The molecular formula is C31H27ClFN5O3. The molecule has 8 nitrogen and oxygen atoms in total. The summed E-state index contributed by atoms with van der Waals surface area (Å²) in [5.41, 5.74) is 1.94. The topological polar surface area (TPSA) is 80.6 Å². The number of halogens is 2. The molecule has 7 rings (SSSR count). The first-order chi connectivity index (χ1) is 20.0. The van der Waals surface area contributed by atoms with E-state index in [1.54, 1.807) is 23.1 Å². The smallest absolute Gasteiger partial charge is 0.355 e. The number of nitrogens with zero attached hydrogens (tertiary/aromatic N) is 5. The van der Waals surface area contributed by atoms with Crippen LogP contribution < -0.4 is 15.3 Å². The lowest BCUT2D eigenvalue weighted by atomic mass is 9.79. The minimum absolute atomic E-state index is 0.141. The number of para-hydroxylation sites is 1. The van der Waals surface area contributed by atoms with E-state index in [0.717, 1.165) is 24.8 Å². The Morgan fingerprint density at radius 1 is 1.10 bits per heavy atom. The average molecular weight is 572 g/mol. The maximum Gasteiger partial charge on any atom is 0.355 e. The molecule has 0 spiro atoms. The van der Waals surface area contributed by atoms with Crippen LogP contribution >= 0.6 is 11.6 Å². The van der Waals surface area contributed by atoms with Crippen LogP contribution in [-0.2, 0) is 4.79 Å². The highest BCUT2D eigenvalue weighted by atomic mass is 35.5. The Bertz CT molecular complexity index is 1790. The van der Waals surface area contributed by atoms with Gasteiger partial charge in [0.25, 0.3) is 0 Å². The van der Waals surface area contributed by atoms with Gasteiger partial charge in [-0.05, 0) is 48.6 Å². The molecule has 0 bridgehead atoms. The second-order valence-corrected chi connectivity index (χ2v) is 11.0. The molecule has 2 aliphatic heterocycles. The summed E-state index contributed by atoms with van der Waals surface area (Å²) >= 11 is 6.96. The van der Waals surface area contributed by atoms with Crippen LogP contribution in [0.25, 0.3) is 28.0 Å². The maximum atomic E-state index is 15.1. The van der Waals surface area contributed by atoms with Gasteiger partial charge in [-0.25, -0.2) is 18.7 Å². The molecule has 1 saturated carbocycles. The molecule has 10 heteroatoms. The highest BCUT2D eigenvalue weighted by Gasteiger charge is 2.37. The number of ether oxygens (including phenoxy) is 1. The summed E-state index contributed by atoms with van der Waals surface area (Å²) < 4.78 is 23.0. The van der Waals surface area contributed by atoms with Crippen molar-refractivity contribution < 1.29 is 13.9 Å². The van der Waals surface area contributed by atoms with Gasteiger partial charge in [-0.3, -0.25) is 4.79 Å². The predicted molar refractivity (Wildman–Crippen MR) is 156 cm³/mol. The minimum atomic E-state index is -0.496. The fraction of sp³-hybridized carbons (Fsp3) is 0.290. The van der Waals surface area contributed by atoms with Crippen molar-refractivity contribution in [3.05, 3.63) is 88.1 Å². The summed E-state index contributed by atoms with van der Waals surface area (Å²) in [5.74, 6) is 0.367. The molecule has 0 N–H and O–H groups in total.